The van der Waals surface area contributed by atoms with Gasteiger partial charge in [0.2, 0.25) is 0 Å². The summed E-state index contributed by atoms with van der Waals surface area (Å²) in [6.45, 7) is 5.87. The van der Waals surface area contributed by atoms with Crippen LogP contribution >= 0.6 is 0 Å². The average Bonchev–Trinajstić information content (AvgIpc) is 2.82. The summed E-state index contributed by atoms with van der Waals surface area (Å²) in [7, 11) is 0. The largest absolute Gasteiger partial charge is 0.393 e. The van der Waals surface area contributed by atoms with Crippen LogP contribution in [0.5, 0.6) is 0 Å². The predicted molar refractivity (Wildman–Crippen MR) is 93.7 cm³/mol. The van der Waals surface area contributed by atoms with Gasteiger partial charge in [-0.2, -0.15) is 0 Å². The Morgan fingerprint density at radius 2 is 1.92 bits per heavy atom. The van der Waals surface area contributed by atoms with E-state index in [2.05, 4.69) is 6.92 Å². The third-order valence-electron chi connectivity index (χ3n) is 8.55. The zero-order chi connectivity index (χ0) is 18.1. The van der Waals surface area contributed by atoms with Gasteiger partial charge in [0, 0.05) is 17.8 Å². The van der Waals surface area contributed by atoms with E-state index in [1.807, 2.05) is 13.0 Å². The maximum Gasteiger partial charge on any atom is 0.155 e. The van der Waals surface area contributed by atoms with E-state index in [-0.39, 0.29) is 34.7 Å². The quantitative estimate of drug-likeness (QED) is 0.765. The molecule has 4 heteroatoms. The van der Waals surface area contributed by atoms with Crippen molar-refractivity contribution in [3.63, 3.8) is 0 Å². The number of Topliss-reactive ketones (excluding diaryl/α,β-unsaturated/α-hetero) is 1. The highest BCUT2D eigenvalue weighted by atomic mass is 16.3. The highest BCUT2D eigenvalue weighted by Crippen LogP contribution is 2.66. The molecule has 138 valence electrons. The summed E-state index contributed by atoms with van der Waals surface area (Å²) in [6, 6.07) is 0. The van der Waals surface area contributed by atoms with E-state index in [0.29, 0.717) is 25.2 Å². The molecule has 0 bridgehead atoms. The highest BCUT2D eigenvalue weighted by Gasteiger charge is 2.65. The third kappa shape index (κ3) is 2.19. The Labute approximate surface area is 149 Å². The van der Waals surface area contributed by atoms with Crippen molar-refractivity contribution < 1.29 is 19.8 Å². The smallest absolute Gasteiger partial charge is 0.155 e. The van der Waals surface area contributed by atoms with Gasteiger partial charge in [0.25, 0.3) is 0 Å². The van der Waals surface area contributed by atoms with E-state index in [4.69, 9.17) is 0 Å². The van der Waals surface area contributed by atoms with E-state index in [9.17, 15) is 19.8 Å². The molecule has 0 radical (unpaired) electrons. The van der Waals surface area contributed by atoms with Gasteiger partial charge < -0.3 is 10.2 Å². The zero-order valence-electron chi connectivity index (χ0n) is 15.5. The molecule has 0 aromatic carbocycles. The summed E-state index contributed by atoms with van der Waals surface area (Å²) in [5, 5.41) is 22.0. The Morgan fingerprint density at radius 1 is 1.20 bits per heavy atom. The maximum atomic E-state index is 12.2. The van der Waals surface area contributed by atoms with Gasteiger partial charge in [0.15, 0.2) is 5.78 Å². The maximum absolute atomic E-state index is 12.2. The Morgan fingerprint density at radius 3 is 2.60 bits per heavy atom. The molecule has 0 spiro atoms. The van der Waals surface area contributed by atoms with Crippen molar-refractivity contribution in [1.82, 2.24) is 0 Å². The van der Waals surface area contributed by atoms with E-state index in [0.717, 1.165) is 19.3 Å². The molecule has 25 heavy (non-hydrogen) atoms. The van der Waals surface area contributed by atoms with Crippen LogP contribution in [0.3, 0.4) is 0 Å². The van der Waals surface area contributed by atoms with Gasteiger partial charge in [-0.1, -0.05) is 19.4 Å². The minimum atomic E-state index is -0.571. The van der Waals surface area contributed by atoms with Gasteiger partial charge in [-0.15, -0.1) is 0 Å². The molecular weight excluding hydrogens is 316 g/mol. The molecule has 4 aliphatic carbocycles. The lowest BCUT2D eigenvalue weighted by Gasteiger charge is -2.59. The summed E-state index contributed by atoms with van der Waals surface area (Å²) >= 11 is 0. The predicted octanol–water partition coefficient (Wildman–Crippen LogP) is 2.67. The first-order valence-electron chi connectivity index (χ1n) is 9.80. The van der Waals surface area contributed by atoms with Gasteiger partial charge >= 0.3 is 0 Å². The molecule has 4 rings (SSSR count). The number of hydrogen-bond donors (Lipinski definition) is 2. The van der Waals surface area contributed by atoms with Crippen molar-refractivity contribution in [3.05, 3.63) is 11.6 Å². The van der Waals surface area contributed by atoms with Crippen LogP contribution < -0.4 is 0 Å². The fourth-order valence-electron chi connectivity index (χ4n) is 7.20. The van der Waals surface area contributed by atoms with E-state index in [1.165, 1.54) is 5.57 Å². The molecule has 3 saturated carbocycles. The Hall–Kier alpha value is -1.00. The second-order valence-electron chi connectivity index (χ2n) is 9.47. The molecular formula is C21H30O4. The third-order valence-corrected chi connectivity index (χ3v) is 8.55. The summed E-state index contributed by atoms with van der Waals surface area (Å²) in [5.41, 5.74) is 0.679. The van der Waals surface area contributed by atoms with Crippen LogP contribution in [0.15, 0.2) is 11.6 Å². The molecule has 0 aromatic heterocycles. The molecule has 3 fully saturated rings. The van der Waals surface area contributed by atoms with Crippen LogP contribution in [-0.4, -0.2) is 34.0 Å². The van der Waals surface area contributed by atoms with Crippen molar-refractivity contribution in [2.45, 2.75) is 71.5 Å². The molecule has 0 aromatic rings. The minimum Gasteiger partial charge on any atom is -0.393 e. The van der Waals surface area contributed by atoms with Gasteiger partial charge in [-0.3, -0.25) is 9.59 Å². The number of fused-ring (bicyclic) bond motifs is 5. The number of hydrogen-bond acceptors (Lipinski definition) is 4. The molecule has 0 heterocycles. The molecule has 4 nitrogen and oxygen atoms in total. The minimum absolute atomic E-state index is 0.0221. The Kier molecular flexibility index (Phi) is 3.83. The lowest BCUT2D eigenvalue weighted by atomic mass is 9.45. The zero-order valence-corrected chi connectivity index (χ0v) is 15.5. The molecule has 0 unspecified atom stereocenters. The molecule has 0 aliphatic heterocycles. The summed E-state index contributed by atoms with van der Waals surface area (Å²) < 4.78 is 0. The van der Waals surface area contributed by atoms with Crippen LogP contribution in [0.4, 0.5) is 0 Å². The number of ketones is 2. The fraction of sp³-hybridized carbons (Fsp3) is 0.810. The van der Waals surface area contributed by atoms with Crippen LogP contribution in [0, 0.1) is 34.5 Å². The van der Waals surface area contributed by atoms with E-state index >= 15 is 0 Å². The standard InChI is InChI=1S/C21H30O4/c1-11(22)15-9-17(24)19-14-5-4-12-8-13(23)6-7-20(12,2)16(14)10-18(25)21(15,19)3/h8,14-19,24-25H,4-7,9-10H2,1-3H3/t14-,15+,16-,17+,18+,19+,20+,21-/m1/s1. The molecule has 4 aliphatic rings. The van der Waals surface area contributed by atoms with Gasteiger partial charge in [0.05, 0.1) is 12.2 Å². The molecule has 8 atom stereocenters. The number of rotatable bonds is 1. The average molecular weight is 346 g/mol. The van der Waals surface area contributed by atoms with Crippen LogP contribution in [0.1, 0.15) is 59.3 Å². The summed E-state index contributed by atoms with van der Waals surface area (Å²) in [5.74, 6) is 0.654. The molecule has 0 amide bonds. The normalized spacial score (nSPS) is 52.0. The number of aliphatic hydroxyl groups is 2. The topological polar surface area (TPSA) is 74.6 Å². The summed E-state index contributed by atoms with van der Waals surface area (Å²) in [6.07, 6.45) is 5.21. The van der Waals surface area contributed by atoms with Gasteiger partial charge in [-0.05, 0) is 68.3 Å². The monoisotopic (exact) mass is 346 g/mol. The Bertz CT molecular complexity index is 652. The molecule has 0 saturated heterocycles. The van der Waals surface area contributed by atoms with E-state index < -0.39 is 17.6 Å². The second kappa shape index (κ2) is 5.50. The van der Waals surface area contributed by atoms with Crippen LogP contribution in [0.25, 0.3) is 0 Å². The van der Waals surface area contributed by atoms with Crippen LogP contribution in [0.2, 0.25) is 0 Å². The number of carbonyl (C=O) groups excluding carboxylic acids is 2. The van der Waals surface area contributed by atoms with Gasteiger partial charge in [-0.25, -0.2) is 0 Å². The Balaban J connectivity index is 1.75. The summed E-state index contributed by atoms with van der Waals surface area (Å²) in [4.78, 5) is 24.1. The van der Waals surface area contributed by atoms with Crippen LogP contribution in [-0.2, 0) is 9.59 Å². The highest BCUT2D eigenvalue weighted by molar-refractivity contribution is 5.91. The first kappa shape index (κ1) is 17.4. The second-order valence-corrected chi connectivity index (χ2v) is 9.47. The van der Waals surface area contributed by atoms with Crippen molar-refractivity contribution in [3.8, 4) is 0 Å². The van der Waals surface area contributed by atoms with Crippen molar-refractivity contribution in [2.24, 2.45) is 34.5 Å². The van der Waals surface area contributed by atoms with Gasteiger partial charge in [0.1, 0.15) is 5.78 Å². The number of aliphatic hydroxyl groups excluding tert-OH is 2. The fourth-order valence-corrected chi connectivity index (χ4v) is 7.20. The van der Waals surface area contributed by atoms with Crippen molar-refractivity contribution >= 4 is 11.6 Å². The molecule has 2 N–H and O–H groups in total. The first-order chi connectivity index (χ1) is 11.7. The lowest BCUT2D eigenvalue weighted by Crippen LogP contribution is -2.58. The van der Waals surface area contributed by atoms with Crippen molar-refractivity contribution in [2.75, 3.05) is 0 Å². The van der Waals surface area contributed by atoms with E-state index in [1.54, 1.807) is 6.92 Å². The lowest BCUT2D eigenvalue weighted by molar-refractivity contribution is -0.157. The SMILES string of the molecule is CC(=O)[C@@H]1C[C@H](O)[C@@H]2[C@@H]3CCC4=CC(=O)CC[C@]4(C)[C@@H]3C[C@H](O)[C@]21C. The first-order valence-corrected chi connectivity index (χ1v) is 9.80. The number of allylic oxidation sites excluding steroid dienone is 1. The number of carbonyl (C=O) groups is 2. The van der Waals surface area contributed by atoms with Crippen molar-refractivity contribution in [1.29, 1.82) is 0 Å².